The maximum absolute atomic E-state index is 13.1. The molecule has 2 fully saturated rings. The van der Waals surface area contributed by atoms with Gasteiger partial charge in [0.1, 0.15) is 11.9 Å². The quantitative estimate of drug-likeness (QED) is 0.780. The third kappa shape index (κ3) is 4.93. The standard InChI is InChI=1S/C19H28N2O4/c1-20-8-10-25-18(14-20)19(22)21(13-17-7-4-9-24-17)12-15-5-3-6-16(11-15)23-2/h3,5-6,11,17-18H,4,7-10,12-14H2,1-2H3. The van der Waals surface area contributed by atoms with Crippen molar-refractivity contribution in [3.8, 4) is 5.75 Å². The number of nitrogens with zero attached hydrogens (tertiary/aromatic N) is 2. The molecule has 2 unspecified atom stereocenters. The molecule has 1 amide bonds. The van der Waals surface area contributed by atoms with Gasteiger partial charge in [0, 0.05) is 32.8 Å². The number of methoxy groups -OCH3 is 1. The average Bonchev–Trinajstić information content (AvgIpc) is 3.14. The van der Waals surface area contributed by atoms with Gasteiger partial charge in [0.25, 0.3) is 5.91 Å². The summed E-state index contributed by atoms with van der Waals surface area (Å²) in [4.78, 5) is 17.1. The van der Waals surface area contributed by atoms with Crippen molar-refractivity contribution in [3.05, 3.63) is 29.8 Å². The number of hydrogen-bond donors (Lipinski definition) is 0. The van der Waals surface area contributed by atoms with Crippen LogP contribution in [-0.2, 0) is 20.8 Å². The molecule has 0 aromatic heterocycles. The number of benzene rings is 1. The van der Waals surface area contributed by atoms with E-state index in [1.165, 1.54) is 0 Å². The Bertz CT molecular complexity index is 574. The molecule has 2 aliphatic heterocycles. The number of rotatable bonds is 6. The molecule has 2 saturated heterocycles. The number of hydrogen-bond acceptors (Lipinski definition) is 5. The Hall–Kier alpha value is -1.63. The maximum Gasteiger partial charge on any atom is 0.253 e. The van der Waals surface area contributed by atoms with Crippen LogP contribution in [0.3, 0.4) is 0 Å². The van der Waals surface area contributed by atoms with E-state index >= 15 is 0 Å². The number of likely N-dealkylation sites (N-methyl/N-ethyl adjacent to an activating group) is 1. The summed E-state index contributed by atoms with van der Waals surface area (Å²) in [6.45, 7) is 4.04. The molecule has 2 heterocycles. The second-order valence-corrected chi connectivity index (χ2v) is 6.83. The molecule has 0 radical (unpaired) electrons. The second-order valence-electron chi connectivity index (χ2n) is 6.83. The summed E-state index contributed by atoms with van der Waals surface area (Å²) in [5, 5.41) is 0. The summed E-state index contributed by atoms with van der Waals surface area (Å²) in [6, 6.07) is 7.86. The van der Waals surface area contributed by atoms with Crippen LogP contribution in [0.2, 0.25) is 0 Å². The third-order valence-electron chi connectivity index (χ3n) is 4.81. The zero-order chi connectivity index (χ0) is 17.6. The fourth-order valence-corrected chi connectivity index (χ4v) is 3.39. The highest BCUT2D eigenvalue weighted by Crippen LogP contribution is 2.19. The molecule has 2 aliphatic rings. The van der Waals surface area contributed by atoms with Gasteiger partial charge in [0.2, 0.25) is 0 Å². The van der Waals surface area contributed by atoms with Gasteiger partial charge in [-0.1, -0.05) is 12.1 Å². The van der Waals surface area contributed by atoms with Gasteiger partial charge in [-0.3, -0.25) is 4.79 Å². The van der Waals surface area contributed by atoms with Gasteiger partial charge >= 0.3 is 0 Å². The molecule has 1 aromatic rings. The van der Waals surface area contributed by atoms with Crippen LogP contribution >= 0.6 is 0 Å². The third-order valence-corrected chi connectivity index (χ3v) is 4.81. The molecule has 6 nitrogen and oxygen atoms in total. The molecule has 2 atom stereocenters. The summed E-state index contributed by atoms with van der Waals surface area (Å²) in [5.41, 5.74) is 1.05. The van der Waals surface area contributed by atoms with Gasteiger partial charge in [-0.2, -0.15) is 0 Å². The first-order chi connectivity index (χ1) is 12.2. The Morgan fingerprint density at radius 3 is 2.96 bits per heavy atom. The highest BCUT2D eigenvalue weighted by Gasteiger charge is 2.31. The van der Waals surface area contributed by atoms with Crippen LogP contribution < -0.4 is 4.74 Å². The number of amides is 1. The van der Waals surface area contributed by atoms with E-state index in [2.05, 4.69) is 4.90 Å². The Balaban J connectivity index is 1.72. The van der Waals surface area contributed by atoms with Crippen molar-refractivity contribution < 1.29 is 19.0 Å². The Labute approximate surface area is 149 Å². The summed E-state index contributed by atoms with van der Waals surface area (Å²) >= 11 is 0. The van der Waals surface area contributed by atoms with Crippen molar-refractivity contribution in [2.24, 2.45) is 0 Å². The van der Waals surface area contributed by atoms with E-state index in [4.69, 9.17) is 14.2 Å². The van der Waals surface area contributed by atoms with Gasteiger partial charge in [0.15, 0.2) is 0 Å². The second kappa shape index (κ2) is 8.65. The lowest BCUT2D eigenvalue weighted by Gasteiger charge is -2.34. The van der Waals surface area contributed by atoms with Crippen molar-refractivity contribution in [2.45, 2.75) is 31.6 Å². The van der Waals surface area contributed by atoms with Crippen molar-refractivity contribution >= 4 is 5.91 Å². The average molecular weight is 348 g/mol. The minimum atomic E-state index is -0.397. The molecular weight excluding hydrogens is 320 g/mol. The Morgan fingerprint density at radius 1 is 1.36 bits per heavy atom. The number of carbonyl (C=O) groups excluding carboxylic acids is 1. The van der Waals surface area contributed by atoms with Gasteiger partial charge in [0.05, 0.1) is 19.8 Å². The van der Waals surface area contributed by atoms with Crippen LogP contribution in [0.4, 0.5) is 0 Å². The molecule has 0 N–H and O–H groups in total. The monoisotopic (exact) mass is 348 g/mol. The van der Waals surface area contributed by atoms with Crippen LogP contribution in [-0.4, -0.2) is 74.9 Å². The molecule has 25 heavy (non-hydrogen) atoms. The zero-order valence-corrected chi connectivity index (χ0v) is 15.1. The van der Waals surface area contributed by atoms with Crippen molar-refractivity contribution in [1.82, 2.24) is 9.80 Å². The summed E-state index contributed by atoms with van der Waals surface area (Å²) in [6.07, 6.45) is 1.80. The predicted molar refractivity (Wildman–Crippen MR) is 94.6 cm³/mol. The topological polar surface area (TPSA) is 51.2 Å². The largest absolute Gasteiger partial charge is 0.497 e. The number of morpholine rings is 1. The molecule has 3 rings (SSSR count). The molecule has 138 valence electrons. The molecule has 0 aliphatic carbocycles. The molecule has 0 bridgehead atoms. The van der Waals surface area contributed by atoms with E-state index in [0.29, 0.717) is 26.2 Å². The van der Waals surface area contributed by atoms with Crippen LogP contribution in [0.15, 0.2) is 24.3 Å². The lowest BCUT2D eigenvalue weighted by Crippen LogP contribution is -2.51. The lowest BCUT2D eigenvalue weighted by atomic mass is 10.1. The molecule has 1 aromatic carbocycles. The predicted octanol–water partition coefficient (Wildman–Crippen LogP) is 1.53. The maximum atomic E-state index is 13.1. The van der Waals surface area contributed by atoms with Gasteiger partial charge in [-0.05, 0) is 37.6 Å². The first-order valence-electron chi connectivity index (χ1n) is 8.99. The minimum absolute atomic E-state index is 0.0462. The Morgan fingerprint density at radius 2 is 2.24 bits per heavy atom. The van der Waals surface area contributed by atoms with E-state index in [1.807, 2.05) is 36.2 Å². The first kappa shape index (κ1) is 18.2. The van der Waals surface area contributed by atoms with Crippen molar-refractivity contribution in [1.29, 1.82) is 0 Å². The van der Waals surface area contributed by atoms with E-state index in [0.717, 1.165) is 37.3 Å². The SMILES string of the molecule is COc1cccc(CN(CC2CCCO2)C(=O)C2CN(C)CCO2)c1. The number of ether oxygens (including phenoxy) is 3. The highest BCUT2D eigenvalue weighted by molar-refractivity contribution is 5.81. The molecule has 0 saturated carbocycles. The minimum Gasteiger partial charge on any atom is -0.497 e. The fourth-order valence-electron chi connectivity index (χ4n) is 3.39. The van der Waals surface area contributed by atoms with Crippen molar-refractivity contribution in [2.75, 3.05) is 47.0 Å². The van der Waals surface area contributed by atoms with E-state index in [9.17, 15) is 4.79 Å². The van der Waals surface area contributed by atoms with E-state index in [-0.39, 0.29) is 12.0 Å². The summed E-state index contributed by atoms with van der Waals surface area (Å²) < 4.78 is 16.8. The molecule has 0 spiro atoms. The van der Waals surface area contributed by atoms with Crippen LogP contribution in [0.5, 0.6) is 5.75 Å². The van der Waals surface area contributed by atoms with Crippen LogP contribution in [0, 0.1) is 0 Å². The molecule has 6 heteroatoms. The summed E-state index contributed by atoms with van der Waals surface area (Å²) in [5.74, 6) is 0.848. The van der Waals surface area contributed by atoms with Crippen LogP contribution in [0.1, 0.15) is 18.4 Å². The van der Waals surface area contributed by atoms with Crippen molar-refractivity contribution in [3.63, 3.8) is 0 Å². The zero-order valence-electron chi connectivity index (χ0n) is 15.1. The van der Waals surface area contributed by atoms with Gasteiger partial charge in [-0.15, -0.1) is 0 Å². The normalized spacial score (nSPS) is 24.2. The smallest absolute Gasteiger partial charge is 0.253 e. The highest BCUT2D eigenvalue weighted by atomic mass is 16.5. The van der Waals surface area contributed by atoms with Gasteiger partial charge in [-0.25, -0.2) is 0 Å². The van der Waals surface area contributed by atoms with Crippen LogP contribution in [0.25, 0.3) is 0 Å². The van der Waals surface area contributed by atoms with E-state index < -0.39 is 6.10 Å². The Kier molecular flexibility index (Phi) is 6.29. The first-order valence-corrected chi connectivity index (χ1v) is 8.99. The molecular formula is C19H28N2O4. The van der Waals surface area contributed by atoms with E-state index in [1.54, 1.807) is 7.11 Å². The lowest BCUT2D eigenvalue weighted by molar-refractivity contribution is -0.151. The fraction of sp³-hybridized carbons (Fsp3) is 0.632. The summed E-state index contributed by atoms with van der Waals surface area (Å²) in [7, 11) is 3.68. The van der Waals surface area contributed by atoms with Gasteiger partial charge < -0.3 is 24.0 Å². The number of carbonyl (C=O) groups is 1.